The molecule has 0 radical (unpaired) electrons. The maximum absolute atomic E-state index is 13.8. The van der Waals surface area contributed by atoms with Crippen LogP contribution in [0.3, 0.4) is 0 Å². The maximum atomic E-state index is 13.8. The summed E-state index contributed by atoms with van der Waals surface area (Å²) in [5.74, 6) is -3.69. The van der Waals surface area contributed by atoms with Crippen LogP contribution < -0.4 is 0 Å². The molecule has 0 aliphatic rings. The van der Waals surface area contributed by atoms with Crippen molar-refractivity contribution in [3.8, 4) is 0 Å². The van der Waals surface area contributed by atoms with E-state index >= 15 is 0 Å². The smallest absolute Gasteiger partial charge is 0.418 e. The molecule has 2 aromatic carbocycles. The highest BCUT2D eigenvalue weighted by Gasteiger charge is 2.49. The Morgan fingerprint density at radius 3 is 1.05 bits per heavy atom. The number of hydrogen-bond donors (Lipinski definition) is 2. The van der Waals surface area contributed by atoms with Crippen LogP contribution in [0, 0.1) is 0 Å². The topological polar surface area (TPSA) is 74.6 Å². The van der Waals surface area contributed by atoms with Crippen LogP contribution in [0.1, 0.15) is 33.4 Å². The largest absolute Gasteiger partial charge is 0.478 e. The van der Waals surface area contributed by atoms with E-state index in [4.69, 9.17) is 10.2 Å². The van der Waals surface area contributed by atoms with Crippen LogP contribution >= 0.6 is 11.8 Å². The van der Waals surface area contributed by atoms with Crippen molar-refractivity contribution >= 4 is 35.9 Å². The van der Waals surface area contributed by atoms with Crippen LogP contribution in [0.4, 0.5) is 52.7 Å². The summed E-state index contributed by atoms with van der Waals surface area (Å²) in [6.07, 6.45) is -23.1. The molecule has 0 saturated heterocycles. The Morgan fingerprint density at radius 2 is 0.821 bits per heavy atom. The summed E-state index contributed by atoms with van der Waals surface area (Å²) in [6, 6.07) is 1.11. The molecule has 0 saturated carbocycles. The van der Waals surface area contributed by atoms with Crippen molar-refractivity contribution in [2.75, 3.05) is 0 Å². The molecule has 0 fully saturated rings. The molecular formula is C22H10F12O4S. The van der Waals surface area contributed by atoms with Gasteiger partial charge in [-0.1, -0.05) is 23.9 Å². The van der Waals surface area contributed by atoms with Crippen LogP contribution in [0.5, 0.6) is 0 Å². The average Bonchev–Trinajstić information content (AvgIpc) is 2.73. The first-order valence-electron chi connectivity index (χ1n) is 9.67. The van der Waals surface area contributed by atoms with Crippen molar-refractivity contribution in [1.29, 1.82) is 0 Å². The second-order valence-electron chi connectivity index (χ2n) is 7.24. The predicted molar refractivity (Wildman–Crippen MR) is 110 cm³/mol. The van der Waals surface area contributed by atoms with Gasteiger partial charge < -0.3 is 10.2 Å². The maximum Gasteiger partial charge on any atom is 0.418 e. The SMILES string of the molecule is O=C(O)C=Cc1ccc(Sc2ccc(C=CC(=O)O)c(C(F)(F)F)c2C(F)(F)F)c(C(F)(F)F)c1C(F)(F)F. The van der Waals surface area contributed by atoms with E-state index in [1.165, 1.54) is 0 Å². The monoisotopic (exact) mass is 598 g/mol. The van der Waals surface area contributed by atoms with Crippen LogP contribution in [0.15, 0.2) is 46.2 Å². The Balaban J connectivity index is 2.99. The number of hydrogen-bond acceptors (Lipinski definition) is 3. The molecule has 0 aliphatic carbocycles. The third-order valence-electron chi connectivity index (χ3n) is 4.56. The predicted octanol–water partition coefficient (Wildman–Crippen LogP) is 8.11. The van der Waals surface area contributed by atoms with Gasteiger partial charge in [-0.15, -0.1) is 0 Å². The molecule has 2 aromatic rings. The fourth-order valence-electron chi connectivity index (χ4n) is 3.26. The van der Waals surface area contributed by atoms with Gasteiger partial charge in [0.1, 0.15) is 0 Å². The van der Waals surface area contributed by atoms with Gasteiger partial charge in [-0.25, -0.2) is 9.59 Å². The van der Waals surface area contributed by atoms with Crippen LogP contribution in [-0.4, -0.2) is 22.2 Å². The number of carbonyl (C=O) groups is 2. The first-order chi connectivity index (χ1) is 17.5. The lowest BCUT2D eigenvalue weighted by atomic mass is 9.99. The molecule has 212 valence electrons. The van der Waals surface area contributed by atoms with E-state index in [0.717, 1.165) is 0 Å². The summed E-state index contributed by atoms with van der Waals surface area (Å²) in [5, 5.41) is 17.2. The zero-order valence-corrected chi connectivity index (χ0v) is 19.1. The highest BCUT2D eigenvalue weighted by atomic mass is 32.2. The Bertz CT molecular complexity index is 1230. The molecule has 0 unspecified atom stereocenters. The summed E-state index contributed by atoms with van der Waals surface area (Å²) >= 11 is -0.700. The first-order valence-corrected chi connectivity index (χ1v) is 10.5. The number of rotatable bonds is 6. The molecule has 0 spiro atoms. The van der Waals surface area contributed by atoms with Gasteiger partial charge >= 0.3 is 36.6 Å². The van der Waals surface area contributed by atoms with Gasteiger partial charge in [0.05, 0.1) is 22.3 Å². The van der Waals surface area contributed by atoms with Crippen LogP contribution in [-0.2, 0) is 34.3 Å². The number of benzene rings is 2. The number of alkyl halides is 12. The average molecular weight is 598 g/mol. The van der Waals surface area contributed by atoms with Crippen molar-refractivity contribution in [3.05, 3.63) is 69.8 Å². The zero-order chi connectivity index (χ0) is 30.1. The fourth-order valence-corrected chi connectivity index (χ4v) is 4.41. The van der Waals surface area contributed by atoms with Crippen LogP contribution in [0.25, 0.3) is 12.2 Å². The molecular weight excluding hydrogens is 588 g/mol. The minimum absolute atomic E-state index is 0.0677. The summed E-state index contributed by atoms with van der Waals surface area (Å²) in [6.45, 7) is 0. The van der Waals surface area contributed by atoms with Gasteiger partial charge in [-0.05, 0) is 35.4 Å². The lowest BCUT2D eigenvalue weighted by molar-refractivity contribution is -0.164. The molecule has 4 nitrogen and oxygen atoms in total. The molecule has 0 bridgehead atoms. The summed E-state index contributed by atoms with van der Waals surface area (Å²) < 4.78 is 165. The number of carboxylic acids is 2. The van der Waals surface area contributed by atoms with E-state index in [9.17, 15) is 62.3 Å². The molecule has 0 aromatic heterocycles. The molecule has 0 atom stereocenters. The second-order valence-corrected chi connectivity index (χ2v) is 8.33. The number of carboxylic acid groups (broad SMARTS) is 2. The normalized spacial score (nSPS) is 13.4. The Kier molecular flexibility index (Phi) is 8.79. The van der Waals surface area contributed by atoms with Crippen molar-refractivity contribution in [3.63, 3.8) is 0 Å². The summed E-state index contributed by atoms with van der Waals surface area (Å²) in [5.41, 5.74) is -12.8. The minimum atomic E-state index is -5.92. The molecule has 0 heterocycles. The van der Waals surface area contributed by atoms with Crippen molar-refractivity contribution in [2.24, 2.45) is 0 Å². The van der Waals surface area contributed by atoms with Gasteiger partial charge in [0.25, 0.3) is 0 Å². The van der Waals surface area contributed by atoms with Crippen molar-refractivity contribution in [1.82, 2.24) is 0 Å². The van der Waals surface area contributed by atoms with E-state index in [1.54, 1.807) is 0 Å². The molecule has 2 rings (SSSR count). The van der Waals surface area contributed by atoms with E-state index in [0.29, 0.717) is 12.1 Å². The van der Waals surface area contributed by atoms with Gasteiger partial charge in [0, 0.05) is 21.9 Å². The van der Waals surface area contributed by atoms with Gasteiger partial charge in [-0.3, -0.25) is 0 Å². The summed E-state index contributed by atoms with van der Waals surface area (Å²) in [7, 11) is 0. The highest BCUT2D eigenvalue weighted by molar-refractivity contribution is 7.99. The Hall–Kier alpha value is -3.63. The molecule has 0 aliphatic heterocycles. The van der Waals surface area contributed by atoms with E-state index in [-0.39, 0.29) is 36.4 Å². The molecule has 39 heavy (non-hydrogen) atoms. The third-order valence-corrected chi connectivity index (χ3v) is 5.68. The van der Waals surface area contributed by atoms with Crippen molar-refractivity contribution < 1.29 is 72.5 Å². The van der Waals surface area contributed by atoms with Gasteiger partial charge in [0.2, 0.25) is 0 Å². The van der Waals surface area contributed by atoms with Gasteiger partial charge in [-0.2, -0.15) is 52.7 Å². The quantitative estimate of drug-likeness (QED) is 0.260. The second kappa shape index (κ2) is 10.9. The Morgan fingerprint density at radius 1 is 0.538 bits per heavy atom. The summed E-state index contributed by atoms with van der Waals surface area (Å²) in [4.78, 5) is 18.1. The van der Waals surface area contributed by atoms with Crippen LogP contribution in [0.2, 0.25) is 0 Å². The number of aliphatic carboxylic acids is 2. The highest BCUT2D eigenvalue weighted by Crippen LogP contribution is 2.52. The van der Waals surface area contributed by atoms with E-state index in [1.807, 2.05) is 0 Å². The van der Waals surface area contributed by atoms with Gasteiger partial charge in [0.15, 0.2) is 0 Å². The lowest BCUT2D eigenvalue weighted by Gasteiger charge is -2.24. The first kappa shape index (κ1) is 31.6. The molecule has 2 N–H and O–H groups in total. The Labute approximate surface area is 213 Å². The number of halogens is 12. The van der Waals surface area contributed by atoms with E-state index < -0.39 is 91.6 Å². The zero-order valence-electron chi connectivity index (χ0n) is 18.3. The third kappa shape index (κ3) is 7.70. The lowest BCUT2D eigenvalue weighted by Crippen LogP contribution is -2.21. The molecule has 0 amide bonds. The minimum Gasteiger partial charge on any atom is -0.478 e. The fraction of sp³-hybridized carbons (Fsp3) is 0.182. The van der Waals surface area contributed by atoms with Crippen molar-refractivity contribution in [2.45, 2.75) is 34.5 Å². The molecule has 17 heteroatoms. The van der Waals surface area contributed by atoms with E-state index in [2.05, 4.69) is 0 Å². The standard InChI is InChI=1S/C22H10F12O4S/c23-19(24,25)15-9(3-7-13(35)36)1-5-11(17(15)21(29,30)31)39-12-6-2-10(4-8-14(37)38)16(20(26,27)28)18(12)22(32,33)34/h1-8H,(H,35,36)(H,37,38).